The van der Waals surface area contributed by atoms with Crippen LogP contribution in [0.15, 0.2) is 36.2 Å². The molecule has 0 saturated carbocycles. The van der Waals surface area contributed by atoms with E-state index in [4.69, 9.17) is 0 Å². The second-order valence-electron chi connectivity index (χ2n) is 8.16. The fraction of sp³-hybridized carbons (Fsp3) is 0.667. The molecule has 0 bridgehead atoms. The predicted molar refractivity (Wildman–Crippen MR) is 103 cm³/mol. The minimum absolute atomic E-state index is 0.0824. The van der Waals surface area contributed by atoms with Crippen LogP contribution in [0.1, 0.15) is 67.7 Å². The SMILES string of the molecule is C=CC1=C(/C=C\C)N2CCC(C)(C)CC(C)(C)CC2C(=O)N1.CC. The molecule has 1 N–H and O–H groups in total. The first-order chi connectivity index (χ1) is 11.2. The zero-order valence-electron chi connectivity index (χ0n) is 16.7. The standard InChI is InChI=1S/C19H30N2O.C2H6/c1-7-9-15-14(8-2)20-17(22)16-12-19(5,6)13-18(3,4)10-11-21(15)16;1-2/h7-9,16H,2,10-13H2,1,3-6H3,(H,20,22);1-2H3/b9-7-;. The molecule has 0 aromatic carbocycles. The highest BCUT2D eigenvalue weighted by Crippen LogP contribution is 2.43. The Morgan fingerprint density at radius 1 is 1.21 bits per heavy atom. The summed E-state index contributed by atoms with van der Waals surface area (Å²) < 4.78 is 0. The Morgan fingerprint density at radius 3 is 2.38 bits per heavy atom. The number of amides is 1. The predicted octanol–water partition coefficient (Wildman–Crippen LogP) is 5.02. The summed E-state index contributed by atoms with van der Waals surface area (Å²) in [5, 5.41) is 3.04. The van der Waals surface area contributed by atoms with Gasteiger partial charge in [-0.25, -0.2) is 0 Å². The van der Waals surface area contributed by atoms with Gasteiger partial charge in [0.1, 0.15) is 6.04 Å². The Kier molecular flexibility index (Phi) is 6.88. The number of nitrogens with one attached hydrogen (secondary N) is 1. The van der Waals surface area contributed by atoms with Gasteiger partial charge < -0.3 is 10.2 Å². The van der Waals surface area contributed by atoms with Crippen molar-refractivity contribution in [3.8, 4) is 0 Å². The maximum absolute atomic E-state index is 12.6. The number of hydrogen-bond acceptors (Lipinski definition) is 2. The average Bonchev–Trinajstić information content (AvgIpc) is 2.49. The number of carbonyl (C=O) groups is 1. The minimum atomic E-state index is -0.0824. The lowest BCUT2D eigenvalue weighted by molar-refractivity contribution is -0.128. The number of carbonyl (C=O) groups excluding carboxylic acids is 1. The van der Waals surface area contributed by atoms with Crippen molar-refractivity contribution in [3.05, 3.63) is 36.2 Å². The van der Waals surface area contributed by atoms with E-state index in [1.165, 1.54) is 0 Å². The maximum Gasteiger partial charge on any atom is 0.247 e. The molecule has 2 aliphatic rings. The molecule has 2 rings (SSSR count). The van der Waals surface area contributed by atoms with Crippen LogP contribution in [0.5, 0.6) is 0 Å². The average molecular weight is 333 g/mol. The highest BCUT2D eigenvalue weighted by atomic mass is 16.2. The summed E-state index contributed by atoms with van der Waals surface area (Å²) in [7, 11) is 0. The van der Waals surface area contributed by atoms with Crippen molar-refractivity contribution in [2.24, 2.45) is 10.8 Å². The lowest BCUT2D eigenvalue weighted by Gasteiger charge is -2.47. The second-order valence-corrected chi connectivity index (χ2v) is 8.16. The van der Waals surface area contributed by atoms with E-state index in [0.29, 0.717) is 0 Å². The zero-order chi connectivity index (χ0) is 18.5. The van der Waals surface area contributed by atoms with Gasteiger partial charge in [-0.15, -0.1) is 0 Å². The van der Waals surface area contributed by atoms with E-state index >= 15 is 0 Å². The van der Waals surface area contributed by atoms with Crippen LogP contribution in [0.4, 0.5) is 0 Å². The molecule has 1 atom stereocenters. The molecule has 136 valence electrons. The van der Waals surface area contributed by atoms with Crippen LogP contribution in [-0.4, -0.2) is 23.4 Å². The first-order valence-electron chi connectivity index (χ1n) is 9.26. The van der Waals surface area contributed by atoms with E-state index < -0.39 is 0 Å². The third kappa shape index (κ3) is 4.75. The molecule has 0 aliphatic carbocycles. The number of nitrogens with zero attached hydrogens (tertiary/aromatic N) is 1. The van der Waals surface area contributed by atoms with E-state index in [2.05, 4.69) is 50.6 Å². The Morgan fingerprint density at radius 2 is 1.83 bits per heavy atom. The molecule has 0 aromatic heterocycles. The van der Waals surface area contributed by atoms with Crippen LogP contribution in [0.2, 0.25) is 0 Å². The molecule has 1 saturated heterocycles. The van der Waals surface area contributed by atoms with Crippen molar-refractivity contribution in [1.29, 1.82) is 0 Å². The molecule has 2 heterocycles. The highest BCUT2D eigenvalue weighted by molar-refractivity contribution is 5.86. The number of hydrogen-bond donors (Lipinski definition) is 1. The van der Waals surface area contributed by atoms with E-state index in [1.54, 1.807) is 6.08 Å². The van der Waals surface area contributed by atoms with Gasteiger partial charge in [-0.2, -0.15) is 0 Å². The number of fused-ring (bicyclic) bond motifs is 1. The summed E-state index contributed by atoms with van der Waals surface area (Å²) in [4.78, 5) is 14.9. The number of rotatable bonds is 2. The minimum Gasteiger partial charge on any atom is -0.358 e. The first-order valence-corrected chi connectivity index (χ1v) is 9.26. The second kappa shape index (κ2) is 8.04. The van der Waals surface area contributed by atoms with E-state index in [-0.39, 0.29) is 22.8 Å². The molecule has 2 aliphatic heterocycles. The molecular weight excluding hydrogens is 296 g/mol. The van der Waals surface area contributed by atoms with Crippen LogP contribution in [0, 0.1) is 10.8 Å². The van der Waals surface area contributed by atoms with Crippen LogP contribution >= 0.6 is 0 Å². The van der Waals surface area contributed by atoms with Crippen molar-refractivity contribution >= 4 is 5.91 Å². The maximum atomic E-state index is 12.6. The fourth-order valence-electron chi connectivity index (χ4n) is 4.12. The van der Waals surface area contributed by atoms with Gasteiger partial charge in [-0.05, 0) is 49.2 Å². The lowest BCUT2D eigenvalue weighted by atomic mass is 9.69. The summed E-state index contributed by atoms with van der Waals surface area (Å²) >= 11 is 0. The zero-order valence-corrected chi connectivity index (χ0v) is 16.7. The topological polar surface area (TPSA) is 32.3 Å². The van der Waals surface area contributed by atoms with Crippen LogP contribution < -0.4 is 5.32 Å². The van der Waals surface area contributed by atoms with E-state index in [1.807, 2.05) is 26.8 Å². The van der Waals surface area contributed by atoms with E-state index in [9.17, 15) is 4.79 Å². The molecule has 1 fully saturated rings. The summed E-state index contributed by atoms with van der Waals surface area (Å²) in [5.74, 6) is 0.107. The largest absolute Gasteiger partial charge is 0.358 e. The quantitative estimate of drug-likeness (QED) is 0.770. The monoisotopic (exact) mass is 332 g/mol. The molecule has 0 radical (unpaired) electrons. The lowest BCUT2D eigenvalue weighted by Crippen LogP contribution is -2.54. The van der Waals surface area contributed by atoms with Crippen molar-refractivity contribution < 1.29 is 4.79 Å². The summed E-state index contributed by atoms with van der Waals surface area (Å²) in [6.07, 6.45) is 8.99. The molecule has 3 nitrogen and oxygen atoms in total. The van der Waals surface area contributed by atoms with Gasteiger partial charge in [0.25, 0.3) is 0 Å². The van der Waals surface area contributed by atoms with Gasteiger partial charge in [-0.1, -0.05) is 54.2 Å². The van der Waals surface area contributed by atoms with Gasteiger partial charge in [-0.3, -0.25) is 4.79 Å². The van der Waals surface area contributed by atoms with Gasteiger partial charge >= 0.3 is 0 Å². The summed E-state index contributed by atoms with van der Waals surface area (Å²) in [6.45, 7) is 20.0. The molecular formula is C21H36N2O. The Labute approximate surface area is 148 Å². The van der Waals surface area contributed by atoms with Gasteiger partial charge in [0.15, 0.2) is 0 Å². The third-order valence-electron chi connectivity index (χ3n) is 4.78. The normalized spacial score (nSPS) is 25.9. The molecule has 0 aromatic rings. The smallest absolute Gasteiger partial charge is 0.247 e. The molecule has 3 heteroatoms. The molecule has 0 spiro atoms. The third-order valence-corrected chi connectivity index (χ3v) is 4.78. The summed E-state index contributed by atoms with van der Waals surface area (Å²) in [5.41, 5.74) is 2.36. The van der Waals surface area contributed by atoms with Gasteiger partial charge in [0.05, 0.1) is 11.4 Å². The van der Waals surface area contributed by atoms with Crippen molar-refractivity contribution in [2.45, 2.75) is 73.8 Å². The van der Waals surface area contributed by atoms with Crippen molar-refractivity contribution in [1.82, 2.24) is 10.2 Å². The Balaban J connectivity index is 0.00000139. The van der Waals surface area contributed by atoms with Crippen molar-refractivity contribution in [2.75, 3.05) is 6.54 Å². The van der Waals surface area contributed by atoms with Crippen LogP contribution in [0.3, 0.4) is 0 Å². The fourth-order valence-corrected chi connectivity index (χ4v) is 4.12. The Bertz CT molecular complexity index is 526. The summed E-state index contributed by atoms with van der Waals surface area (Å²) in [6, 6.07) is -0.0824. The molecule has 1 amide bonds. The molecule has 1 unspecified atom stereocenters. The van der Waals surface area contributed by atoms with Gasteiger partial charge in [0.2, 0.25) is 5.91 Å². The van der Waals surface area contributed by atoms with E-state index in [0.717, 1.165) is 37.2 Å². The van der Waals surface area contributed by atoms with Crippen molar-refractivity contribution in [3.63, 3.8) is 0 Å². The first kappa shape index (κ1) is 20.5. The van der Waals surface area contributed by atoms with Crippen LogP contribution in [-0.2, 0) is 4.79 Å². The highest BCUT2D eigenvalue weighted by Gasteiger charge is 2.41. The Hall–Kier alpha value is -1.51. The van der Waals surface area contributed by atoms with Crippen LogP contribution in [0.25, 0.3) is 0 Å². The number of allylic oxidation sites excluding steroid dienone is 3. The molecule has 24 heavy (non-hydrogen) atoms. The van der Waals surface area contributed by atoms with Gasteiger partial charge in [0, 0.05) is 6.54 Å².